The summed E-state index contributed by atoms with van der Waals surface area (Å²) in [6, 6.07) is 0. The zero-order chi connectivity index (χ0) is 11.1. The molecule has 0 saturated carbocycles. The van der Waals surface area contributed by atoms with Gasteiger partial charge < -0.3 is 10.1 Å². The maximum absolute atomic E-state index is 5.48. The van der Waals surface area contributed by atoms with Gasteiger partial charge in [0.2, 0.25) is 0 Å². The second kappa shape index (κ2) is 6.35. The summed E-state index contributed by atoms with van der Waals surface area (Å²) in [4.78, 5) is 8.37. The molecule has 0 aliphatic carbocycles. The molecule has 1 heterocycles. The first-order valence-electron chi connectivity index (χ1n) is 5.28. The number of nitrogens with zero attached hydrogens (tertiary/aromatic N) is 2. The standard InChI is InChI=1S/C11H19N3O/c1-9(2)4-5-15-8-10-6-14-11(12-3)7-13-10/h6-7,9H,4-5,8H2,1-3H3,(H,12,14). The van der Waals surface area contributed by atoms with Gasteiger partial charge in [0.05, 0.1) is 24.7 Å². The van der Waals surface area contributed by atoms with Crippen molar-refractivity contribution < 1.29 is 4.74 Å². The lowest BCUT2D eigenvalue weighted by molar-refractivity contribution is 0.108. The van der Waals surface area contributed by atoms with Gasteiger partial charge in [-0.2, -0.15) is 0 Å². The molecular weight excluding hydrogens is 190 g/mol. The maximum Gasteiger partial charge on any atom is 0.144 e. The fourth-order valence-electron chi connectivity index (χ4n) is 1.05. The third-order valence-electron chi connectivity index (χ3n) is 2.05. The van der Waals surface area contributed by atoms with Crippen LogP contribution >= 0.6 is 0 Å². The van der Waals surface area contributed by atoms with Crippen LogP contribution in [0.4, 0.5) is 5.82 Å². The van der Waals surface area contributed by atoms with Crippen LogP contribution in [0, 0.1) is 5.92 Å². The molecule has 4 nitrogen and oxygen atoms in total. The first kappa shape index (κ1) is 11.9. The second-order valence-corrected chi connectivity index (χ2v) is 3.88. The Kier molecular flexibility index (Phi) is 5.04. The number of hydrogen-bond acceptors (Lipinski definition) is 4. The molecule has 1 N–H and O–H groups in total. The lowest BCUT2D eigenvalue weighted by Gasteiger charge is -2.06. The van der Waals surface area contributed by atoms with Crippen molar-refractivity contribution in [2.24, 2.45) is 5.92 Å². The minimum atomic E-state index is 0.545. The highest BCUT2D eigenvalue weighted by atomic mass is 16.5. The van der Waals surface area contributed by atoms with Crippen molar-refractivity contribution in [2.75, 3.05) is 19.0 Å². The Morgan fingerprint density at radius 1 is 1.33 bits per heavy atom. The smallest absolute Gasteiger partial charge is 0.144 e. The molecule has 0 bridgehead atoms. The number of anilines is 1. The van der Waals surface area contributed by atoms with Gasteiger partial charge in [-0.1, -0.05) is 13.8 Å². The number of nitrogens with one attached hydrogen (secondary N) is 1. The third kappa shape index (κ3) is 4.74. The monoisotopic (exact) mass is 209 g/mol. The Morgan fingerprint density at radius 2 is 2.13 bits per heavy atom. The van der Waals surface area contributed by atoms with Gasteiger partial charge >= 0.3 is 0 Å². The van der Waals surface area contributed by atoms with Crippen molar-refractivity contribution in [3.63, 3.8) is 0 Å². The molecule has 0 radical (unpaired) electrons. The van der Waals surface area contributed by atoms with E-state index >= 15 is 0 Å². The molecule has 0 amide bonds. The van der Waals surface area contributed by atoms with Gasteiger partial charge in [0.25, 0.3) is 0 Å². The Bertz CT molecular complexity index is 272. The van der Waals surface area contributed by atoms with E-state index in [9.17, 15) is 0 Å². The van der Waals surface area contributed by atoms with Crippen LogP contribution in [-0.4, -0.2) is 23.6 Å². The first-order valence-corrected chi connectivity index (χ1v) is 5.28. The molecule has 0 atom stereocenters. The number of ether oxygens (including phenoxy) is 1. The van der Waals surface area contributed by atoms with Gasteiger partial charge in [-0.05, 0) is 12.3 Å². The Hall–Kier alpha value is -1.16. The van der Waals surface area contributed by atoms with E-state index < -0.39 is 0 Å². The van der Waals surface area contributed by atoms with Crippen molar-refractivity contribution >= 4 is 5.82 Å². The highest BCUT2D eigenvalue weighted by molar-refractivity contribution is 5.29. The molecule has 1 aromatic rings. The molecule has 0 unspecified atom stereocenters. The predicted octanol–water partition coefficient (Wildman–Crippen LogP) is 2.08. The SMILES string of the molecule is CNc1cnc(COCCC(C)C)cn1. The Balaban J connectivity index is 2.25. The van der Waals surface area contributed by atoms with Crippen LogP contribution in [0.1, 0.15) is 26.0 Å². The second-order valence-electron chi connectivity index (χ2n) is 3.88. The van der Waals surface area contributed by atoms with Gasteiger partial charge in [0.15, 0.2) is 0 Å². The number of hydrogen-bond donors (Lipinski definition) is 1. The van der Waals surface area contributed by atoms with Gasteiger partial charge in [-0.15, -0.1) is 0 Å². The van der Waals surface area contributed by atoms with Crippen LogP contribution < -0.4 is 5.32 Å². The molecule has 0 spiro atoms. The fraction of sp³-hybridized carbons (Fsp3) is 0.636. The Morgan fingerprint density at radius 3 is 2.67 bits per heavy atom. The molecule has 0 aromatic carbocycles. The molecule has 0 saturated heterocycles. The maximum atomic E-state index is 5.48. The van der Waals surface area contributed by atoms with Crippen LogP contribution in [0.3, 0.4) is 0 Å². The highest BCUT2D eigenvalue weighted by Gasteiger charge is 1.98. The molecular formula is C11H19N3O. The summed E-state index contributed by atoms with van der Waals surface area (Å²) in [5.41, 5.74) is 0.873. The van der Waals surface area contributed by atoms with Gasteiger partial charge in [0.1, 0.15) is 5.82 Å². The minimum absolute atomic E-state index is 0.545. The van der Waals surface area contributed by atoms with E-state index in [4.69, 9.17) is 4.74 Å². The van der Waals surface area contributed by atoms with E-state index in [1.807, 2.05) is 7.05 Å². The summed E-state index contributed by atoms with van der Waals surface area (Å²) in [6.07, 6.45) is 4.53. The summed E-state index contributed by atoms with van der Waals surface area (Å²) in [5, 5.41) is 2.92. The summed E-state index contributed by atoms with van der Waals surface area (Å²) in [5.74, 6) is 1.46. The number of rotatable bonds is 6. The van der Waals surface area contributed by atoms with E-state index in [2.05, 4.69) is 29.1 Å². The largest absolute Gasteiger partial charge is 0.375 e. The van der Waals surface area contributed by atoms with E-state index in [-0.39, 0.29) is 0 Å². The molecule has 0 fully saturated rings. The summed E-state index contributed by atoms with van der Waals surface area (Å²) in [6.45, 7) is 5.70. The van der Waals surface area contributed by atoms with E-state index in [1.54, 1.807) is 12.4 Å². The van der Waals surface area contributed by atoms with Crippen LogP contribution in [0.2, 0.25) is 0 Å². The molecule has 1 rings (SSSR count). The molecule has 4 heteroatoms. The van der Waals surface area contributed by atoms with Gasteiger partial charge in [0, 0.05) is 13.7 Å². The molecule has 15 heavy (non-hydrogen) atoms. The summed E-state index contributed by atoms with van der Waals surface area (Å²) in [7, 11) is 1.82. The van der Waals surface area contributed by atoms with Gasteiger partial charge in [-0.3, -0.25) is 4.98 Å². The van der Waals surface area contributed by atoms with Crippen LogP contribution in [0.15, 0.2) is 12.4 Å². The third-order valence-corrected chi connectivity index (χ3v) is 2.05. The van der Waals surface area contributed by atoms with Crippen molar-refractivity contribution in [2.45, 2.75) is 26.9 Å². The van der Waals surface area contributed by atoms with Crippen molar-refractivity contribution in [1.29, 1.82) is 0 Å². The first-order chi connectivity index (χ1) is 7.22. The minimum Gasteiger partial charge on any atom is -0.375 e. The predicted molar refractivity (Wildman–Crippen MR) is 60.7 cm³/mol. The van der Waals surface area contributed by atoms with Crippen molar-refractivity contribution in [1.82, 2.24) is 9.97 Å². The Labute approximate surface area is 91.1 Å². The zero-order valence-electron chi connectivity index (χ0n) is 9.66. The summed E-state index contributed by atoms with van der Waals surface area (Å²) < 4.78 is 5.48. The van der Waals surface area contributed by atoms with E-state index in [0.717, 1.165) is 24.5 Å². The zero-order valence-corrected chi connectivity index (χ0v) is 9.66. The van der Waals surface area contributed by atoms with Gasteiger partial charge in [-0.25, -0.2) is 4.98 Å². The highest BCUT2D eigenvalue weighted by Crippen LogP contribution is 2.03. The van der Waals surface area contributed by atoms with E-state index in [1.165, 1.54) is 0 Å². The van der Waals surface area contributed by atoms with Crippen molar-refractivity contribution in [3.8, 4) is 0 Å². The average molecular weight is 209 g/mol. The molecule has 0 aliphatic heterocycles. The van der Waals surface area contributed by atoms with Crippen LogP contribution in [0.25, 0.3) is 0 Å². The average Bonchev–Trinajstić information content (AvgIpc) is 2.25. The van der Waals surface area contributed by atoms with Crippen LogP contribution in [0.5, 0.6) is 0 Å². The molecule has 1 aromatic heterocycles. The quantitative estimate of drug-likeness (QED) is 0.729. The molecule has 84 valence electrons. The summed E-state index contributed by atoms with van der Waals surface area (Å²) >= 11 is 0. The lowest BCUT2D eigenvalue weighted by atomic mass is 10.1. The number of aromatic nitrogens is 2. The normalized spacial score (nSPS) is 10.7. The van der Waals surface area contributed by atoms with Crippen LogP contribution in [-0.2, 0) is 11.3 Å². The topological polar surface area (TPSA) is 47.0 Å². The van der Waals surface area contributed by atoms with Crippen molar-refractivity contribution in [3.05, 3.63) is 18.1 Å². The molecule has 0 aliphatic rings. The van der Waals surface area contributed by atoms with E-state index in [0.29, 0.717) is 12.5 Å². The fourth-order valence-corrected chi connectivity index (χ4v) is 1.05. The lowest BCUT2D eigenvalue weighted by Crippen LogP contribution is -2.02.